The van der Waals surface area contributed by atoms with E-state index in [4.69, 9.17) is 9.47 Å². The van der Waals surface area contributed by atoms with Gasteiger partial charge in [0.25, 0.3) is 5.91 Å². The number of nitrogens with one attached hydrogen (secondary N) is 1. The van der Waals surface area contributed by atoms with Gasteiger partial charge in [-0.25, -0.2) is 18.0 Å². The Morgan fingerprint density at radius 2 is 1.91 bits per heavy atom. The molecular weight excluding hydrogens is 315 g/mol. The lowest BCUT2D eigenvalue weighted by molar-refractivity contribution is -0.118. The van der Waals surface area contributed by atoms with Crippen molar-refractivity contribution in [3.8, 4) is 11.5 Å². The van der Waals surface area contributed by atoms with E-state index in [9.17, 15) is 22.8 Å². The molecule has 1 aliphatic rings. The van der Waals surface area contributed by atoms with Crippen LogP contribution in [0.4, 0.5) is 18.9 Å². The molecule has 0 radical (unpaired) electrons. The second-order valence-corrected chi connectivity index (χ2v) is 4.61. The van der Waals surface area contributed by atoms with Gasteiger partial charge in [-0.05, 0) is 24.3 Å². The lowest BCUT2D eigenvalue weighted by Gasteiger charge is -2.18. The van der Waals surface area contributed by atoms with Crippen molar-refractivity contribution in [2.75, 3.05) is 11.9 Å². The van der Waals surface area contributed by atoms with Crippen LogP contribution in [0.25, 0.3) is 0 Å². The predicted molar refractivity (Wildman–Crippen MR) is 71.8 cm³/mol. The molecule has 1 aliphatic heterocycles. The van der Waals surface area contributed by atoms with Crippen LogP contribution in [-0.2, 0) is 4.79 Å². The van der Waals surface area contributed by atoms with Gasteiger partial charge in [0, 0.05) is 6.07 Å². The third-order valence-electron chi connectivity index (χ3n) is 3.05. The molecule has 0 unspecified atom stereocenters. The van der Waals surface area contributed by atoms with E-state index < -0.39 is 29.0 Å². The van der Waals surface area contributed by atoms with Crippen molar-refractivity contribution in [2.24, 2.45) is 0 Å². The summed E-state index contributed by atoms with van der Waals surface area (Å²) in [6, 6.07) is 5.49. The van der Waals surface area contributed by atoms with Gasteiger partial charge in [0.1, 0.15) is 11.5 Å². The van der Waals surface area contributed by atoms with E-state index in [2.05, 4.69) is 5.32 Å². The maximum absolute atomic E-state index is 13.5. The van der Waals surface area contributed by atoms with Crippen molar-refractivity contribution in [1.29, 1.82) is 0 Å². The van der Waals surface area contributed by atoms with Crippen molar-refractivity contribution in [1.82, 2.24) is 0 Å². The summed E-state index contributed by atoms with van der Waals surface area (Å²) in [6.07, 6.45) is 0. The number of esters is 1. The van der Waals surface area contributed by atoms with Crippen molar-refractivity contribution in [3.05, 3.63) is 53.3 Å². The van der Waals surface area contributed by atoms with Crippen LogP contribution in [0.1, 0.15) is 10.4 Å². The Hall–Kier alpha value is -3.03. The largest absolute Gasteiger partial charge is 0.482 e. The first-order valence-electron chi connectivity index (χ1n) is 6.38. The molecule has 5 nitrogen and oxygen atoms in total. The Bertz CT molecular complexity index is 823. The van der Waals surface area contributed by atoms with E-state index in [-0.39, 0.29) is 24.0 Å². The molecule has 0 aromatic heterocycles. The van der Waals surface area contributed by atoms with E-state index in [1.165, 1.54) is 18.2 Å². The van der Waals surface area contributed by atoms with Gasteiger partial charge in [0.05, 0.1) is 11.3 Å². The minimum absolute atomic E-state index is 0.0244. The van der Waals surface area contributed by atoms with Gasteiger partial charge in [-0.3, -0.25) is 4.79 Å². The first kappa shape index (κ1) is 14.9. The van der Waals surface area contributed by atoms with Gasteiger partial charge in [-0.15, -0.1) is 0 Å². The zero-order chi connectivity index (χ0) is 16.6. The van der Waals surface area contributed by atoms with Gasteiger partial charge in [-0.1, -0.05) is 0 Å². The maximum atomic E-state index is 13.5. The van der Waals surface area contributed by atoms with Crippen LogP contribution >= 0.6 is 0 Å². The zero-order valence-corrected chi connectivity index (χ0v) is 11.4. The normalized spacial score (nSPS) is 12.9. The number of halogens is 3. The van der Waals surface area contributed by atoms with Gasteiger partial charge in [0.2, 0.25) is 0 Å². The maximum Gasteiger partial charge on any atom is 0.346 e. The second kappa shape index (κ2) is 5.64. The second-order valence-electron chi connectivity index (χ2n) is 4.61. The molecule has 118 valence electrons. The molecule has 2 aromatic rings. The molecule has 1 N–H and O–H groups in total. The molecular formula is C15H8F3NO4. The van der Waals surface area contributed by atoms with Gasteiger partial charge in [-0.2, -0.15) is 0 Å². The summed E-state index contributed by atoms with van der Waals surface area (Å²) >= 11 is 0. The van der Waals surface area contributed by atoms with Crippen LogP contribution in [0.2, 0.25) is 0 Å². The van der Waals surface area contributed by atoms with E-state index in [0.29, 0.717) is 11.8 Å². The molecule has 0 aliphatic carbocycles. The topological polar surface area (TPSA) is 64.6 Å². The Morgan fingerprint density at radius 1 is 1.13 bits per heavy atom. The summed E-state index contributed by atoms with van der Waals surface area (Å²) < 4.78 is 49.6. The number of rotatable bonds is 2. The third-order valence-corrected chi connectivity index (χ3v) is 3.05. The minimum Gasteiger partial charge on any atom is -0.482 e. The Kier molecular flexibility index (Phi) is 3.65. The molecule has 3 rings (SSSR count). The van der Waals surface area contributed by atoms with Crippen molar-refractivity contribution in [3.63, 3.8) is 0 Å². The fourth-order valence-electron chi connectivity index (χ4n) is 1.97. The lowest BCUT2D eigenvalue weighted by atomic mass is 10.2. The predicted octanol–water partition coefficient (Wildman–Crippen LogP) is 2.65. The monoisotopic (exact) mass is 323 g/mol. The molecule has 23 heavy (non-hydrogen) atoms. The highest BCUT2D eigenvalue weighted by Crippen LogP contribution is 2.31. The Labute approximate surface area is 127 Å². The van der Waals surface area contributed by atoms with Crippen molar-refractivity contribution in [2.45, 2.75) is 0 Å². The van der Waals surface area contributed by atoms with Gasteiger partial charge >= 0.3 is 5.97 Å². The molecule has 0 saturated heterocycles. The first-order chi connectivity index (χ1) is 11.0. The van der Waals surface area contributed by atoms with E-state index >= 15 is 0 Å². The van der Waals surface area contributed by atoms with Crippen LogP contribution in [0.3, 0.4) is 0 Å². The Morgan fingerprint density at radius 3 is 2.70 bits per heavy atom. The first-order valence-corrected chi connectivity index (χ1v) is 6.38. The average Bonchev–Trinajstić information content (AvgIpc) is 2.52. The SMILES string of the molecule is O=C1COc2ccc(OC(=O)c3ccc(F)c(F)c3F)cc2N1. The minimum atomic E-state index is -1.76. The number of hydrogen-bond acceptors (Lipinski definition) is 4. The quantitative estimate of drug-likeness (QED) is 0.524. The Balaban J connectivity index is 1.85. The number of amides is 1. The van der Waals surface area contributed by atoms with Crippen molar-refractivity contribution < 1.29 is 32.2 Å². The molecule has 0 bridgehead atoms. The lowest BCUT2D eigenvalue weighted by Crippen LogP contribution is -2.25. The zero-order valence-electron chi connectivity index (χ0n) is 11.4. The number of hydrogen-bond donors (Lipinski definition) is 1. The van der Waals surface area contributed by atoms with Crippen LogP contribution in [-0.4, -0.2) is 18.5 Å². The molecule has 0 atom stereocenters. The highest BCUT2D eigenvalue weighted by molar-refractivity contribution is 5.96. The molecule has 0 fully saturated rings. The number of carbonyl (C=O) groups excluding carboxylic acids is 2. The van der Waals surface area contributed by atoms with E-state index in [0.717, 1.165) is 6.07 Å². The number of anilines is 1. The summed E-state index contributed by atoms with van der Waals surface area (Å²) in [4.78, 5) is 23.1. The molecule has 0 spiro atoms. The summed E-state index contributed by atoms with van der Waals surface area (Å²) in [7, 11) is 0. The number of fused-ring (bicyclic) bond motifs is 1. The third kappa shape index (κ3) is 2.83. The standard InChI is InChI=1S/C15H8F3NO4/c16-9-3-2-8(13(17)14(9)18)15(21)23-7-1-4-11-10(5-7)19-12(20)6-22-11/h1-5H,6H2,(H,19,20). The molecule has 1 heterocycles. The van der Waals surface area contributed by atoms with E-state index in [1.54, 1.807) is 0 Å². The van der Waals surface area contributed by atoms with Crippen LogP contribution < -0.4 is 14.8 Å². The highest BCUT2D eigenvalue weighted by atomic mass is 19.2. The average molecular weight is 323 g/mol. The summed E-state index contributed by atoms with van der Waals surface area (Å²) in [5, 5.41) is 2.50. The fraction of sp³-hybridized carbons (Fsp3) is 0.0667. The van der Waals surface area contributed by atoms with Crippen LogP contribution in [0.15, 0.2) is 30.3 Å². The number of carbonyl (C=O) groups is 2. The van der Waals surface area contributed by atoms with E-state index in [1.807, 2.05) is 0 Å². The molecule has 2 aromatic carbocycles. The van der Waals surface area contributed by atoms with Gasteiger partial charge < -0.3 is 14.8 Å². The molecule has 0 saturated carbocycles. The molecule has 1 amide bonds. The van der Waals surface area contributed by atoms with Crippen LogP contribution in [0.5, 0.6) is 11.5 Å². The molecule has 8 heteroatoms. The summed E-state index contributed by atoms with van der Waals surface area (Å²) in [5.41, 5.74) is -0.473. The summed E-state index contributed by atoms with van der Waals surface area (Å²) in [6.45, 7) is -0.133. The number of benzene rings is 2. The smallest absolute Gasteiger partial charge is 0.346 e. The van der Waals surface area contributed by atoms with Crippen LogP contribution in [0, 0.1) is 17.5 Å². The van der Waals surface area contributed by atoms with Crippen molar-refractivity contribution >= 4 is 17.6 Å². The number of ether oxygens (including phenoxy) is 2. The highest BCUT2D eigenvalue weighted by Gasteiger charge is 2.22. The fourth-order valence-corrected chi connectivity index (χ4v) is 1.97. The summed E-state index contributed by atoms with van der Waals surface area (Å²) in [5.74, 6) is -6.04. The van der Waals surface area contributed by atoms with Gasteiger partial charge in [0.15, 0.2) is 24.1 Å².